The first-order chi connectivity index (χ1) is 12.4. The normalized spacial score (nSPS) is 11.4. The number of rotatable bonds is 6. The molecule has 26 heavy (non-hydrogen) atoms. The van der Waals surface area contributed by atoms with Gasteiger partial charge < -0.3 is 20.1 Å². The van der Waals surface area contributed by atoms with Crippen LogP contribution in [0, 0.1) is 13.8 Å². The molecule has 0 fully saturated rings. The van der Waals surface area contributed by atoms with E-state index in [0.717, 1.165) is 17.0 Å². The predicted octanol–water partition coefficient (Wildman–Crippen LogP) is 3.84. The van der Waals surface area contributed by atoms with Crippen LogP contribution < -0.4 is 15.4 Å². The molecular weight excluding hydrogens is 348 g/mol. The van der Waals surface area contributed by atoms with Crippen molar-refractivity contribution in [3.63, 3.8) is 0 Å². The smallest absolute Gasteiger partial charge is 0.338 e. The second-order valence-electron chi connectivity index (χ2n) is 6.09. The van der Waals surface area contributed by atoms with E-state index in [2.05, 4.69) is 10.6 Å². The standard InChI is InChI=1S/C20H24N2O3S/c1-13-8-10-16(11-9-13)25-12-14(2)21-20(26)22-18-7-5-6-17(15(18)3)19(23)24-4/h5-11,14H,12H2,1-4H3,(H2,21,22,26)/t14-/m1/s1. The van der Waals surface area contributed by atoms with Gasteiger partial charge in [-0.2, -0.15) is 0 Å². The van der Waals surface area contributed by atoms with Crippen LogP contribution in [0.15, 0.2) is 42.5 Å². The summed E-state index contributed by atoms with van der Waals surface area (Å²) in [6, 6.07) is 13.3. The predicted molar refractivity (Wildman–Crippen MR) is 108 cm³/mol. The fourth-order valence-electron chi connectivity index (χ4n) is 2.38. The number of ether oxygens (including phenoxy) is 2. The molecule has 2 aromatic carbocycles. The van der Waals surface area contributed by atoms with Crippen molar-refractivity contribution in [1.82, 2.24) is 5.32 Å². The number of thiocarbonyl (C=S) groups is 1. The van der Waals surface area contributed by atoms with Gasteiger partial charge >= 0.3 is 5.97 Å². The Balaban J connectivity index is 1.90. The lowest BCUT2D eigenvalue weighted by atomic mass is 10.1. The van der Waals surface area contributed by atoms with Crippen molar-refractivity contribution < 1.29 is 14.3 Å². The van der Waals surface area contributed by atoms with E-state index in [1.807, 2.05) is 51.1 Å². The lowest BCUT2D eigenvalue weighted by molar-refractivity contribution is 0.0600. The minimum atomic E-state index is -0.370. The van der Waals surface area contributed by atoms with Crippen molar-refractivity contribution >= 4 is 29.0 Å². The third kappa shape index (κ3) is 5.46. The van der Waals surface area contributed by atoms with Crippen molar-refractivity contribution in [2.24, 2.45) is 0 Å². The quantitative estimate of drug-likeness (QED) is 0.593. The molecule has 6 heteroatoms. The number of hydrogen-bond acceptors (Lipinski definition) is 4. The van der Waals surface area contributed by atoms with Crippen molar-refractivity contribution in [1.29, 1.82) is 0 Å². The molecule has 1 atom stereocenters. The van der Waals surface area contributed by atoms with Crippen LogP contribution in [0.3, 0.4) is 0 Å². The zero-order valence-corrected chi connectivity index (χ0v) is 16.3. The second-order valence-corrected chi connectivity index (χ2v) is 6.50. The molecule has 0 spiro atoms. The topological polar surface area (TPSA) is 59.6 Å². The van der Waals surface area contributed by atoms with Crippen molar-refractivity contribution in [3.8, 4) is 5.75 Å². The molecule has 2 N–H and O–H groups in total. The molecule has 0 amide bonds. The number of nitrogens with one attached hydrogen (secondary N) is 2. The second kappa shape index (κ2) is 9.20. The zero-order valence-electron chi connectivity index (χ0n) is 15.5. The van der Waals surface area contributed by atoms with E-state index in [4.69, 9.17) is 21.7 Å². The number of aryl methyl sites for hydroxylation is 1. The molecule has 0 aromatic heterocycles. The van der Waals surface area contributed by atoms with Gasteiger partial charge in [-0.15, -0.1) is 0 Å². The molecular formula is C20H24N2O3S. The Kier molecular flexibility index (Phi) is 6.97. The van der Waals surface area contributed by atoms with Gasteiger partial charge in [-0.3, -0.25) is 0 Å². The van der Waals surface area contributed by atoms with Gasteiger partial charge in [0.1, 0.15) is 12.4 Å². The minimum absolute atomic E-state index is 0.0143. The van der Waals surface area contributed by atoms with E-state index >= 15 is 0 Å². The van der Waals surface area contributed by atoms with Crippen LogP contribution in [-0.2, 0) is 4.74 Å². The maximum atomic E-state index is 11.8. The van der Waals surface area contributed by atoms with Gasteiger partial charge in [-0.25, -0.2) is 4.79 Å². The van der Waals surface area contributed by atoms with E-state index in [-0.39, 0.29) is 12.0 Å². The molecule has 2 rings (SSSR count). The number of carbonyl (C=O) groups is 1. The fourth-order valence-corrected chi connectivity index (χ4v) is 2.69. The van der Waals surface area contributed by atoms with Gasteiger partial charge in [0.25, 0.3) is 0 Å². The monoisotopic (exact) mass is 372 g/mol. The van der Waals surface area contributed by atoms with E-state index in [9.17, 15) is 4.79 Å². The molecule has 0 aliphatic heterocycles. The largest absolute Gasteiger partial charge is 0.491 e. The summed E-state index contributed by atoms with van der Waals surface area (Å²) in [4.78, 5) is 11.8. The highest BCUT2D eigenvalue weighted by molar-refractivity contribution is 7.80. The summed E-state index contributed by atoms with van der Waals surface area (Å²) in [7, 11) is 1.36. The molecule has 2 aromatic rings. The minimum Gasteiger partial charge on any atom is -0.491 e. The molecule has 0 heterocycles. The highest BCUT2D eigenvalue weighted by Crippen LogP contribution is 2.19. The number of anilines is 1. The molecule has 0 radical (unpaired) electrons. The Labute approximate surface area is 159 Å². The Morgan fingerprint density at radius 1 is 1.15 bits per heavy atom. The maximum absolute atomic E-state index is 11.8. The van der Waals surface area contributed by atoms with Gasteiger partial charge in [-0.05, 0) is 62.8 Å². The third-order valence-electron chi connectivity index (χ3n) is 3.89. The molecule has 5 nitrogen and oxygen atoms in total. The van der Waals surface area contributed by atoms with Gasteiger partial charge in [0, 0.05) is 5.69 Å². The van der Waals surface area contributed by atoms with E-state index in [0.29, 0.717) is 17.3 Å². The van der Waals surface area contributed by atoms with E-state index in [1.54, 1.807) is 12.1 Å². The summed E-state index contributed by atoms with van der Waals surface area (Å²) in [6.45, 7) is 6.35. The van der Waals surface area contributed by atoms with Crippen LogP contribution in [0.2, 0.25) is 0 Å². The maximum Gasteiger partial charge on any atom is 0.338 e. The van der Waals surface area contributed by atoms with E-state index in [1.165, 1.54) is 12.7 Å². The number of methoxy groups -OCH3 is 1. The lowest BCUT2D eigenvalue weighted by Crippen LogP contribution is -2.39. The Morgan fingerprint density at radius 3 is 2.50 bits per heavy atom. The lowest BCUT2D eigenvalue weighted by Gasteiger charge is -2.19. The number of esters is 1. The summed E-state index contributed by atoms with van der Waals surface area (Å²) < 4.78 is 10.5. The highest BCUT2D eigenvalue weighted by atomic mass is 32.1. The summed E-state index contributed by atoms with van der Waals surface area (Å²) in [5, 5.41) is 6.77. The van der Waals surface area contributed by atoms with Crippen LogP contribution in [0.5, 0.6) is 5.75 Å². The number of carbonyl (C=O) groups excluding carboxylic acids is 1. The molecule has 0 saturated heterocycles. The average Bonchev–Trinajstić information content (AvgIpc) is 2.62. The molecule has 0 saturated carbocycles. The van der Waals surface area contributed by atoms with Gasteiger partial charge in [-0.1, -0.05) is 23.8 Å². The van der Waals surface area contributed by atoms with E-state index < -0.39 is 0 Å². The van der Waals surface area contributed by atoms with Crippen molar-refractivity contribution in [2.75, 3.05) is 19.0 Å². The molecule has 0 aliphatic carbocycles. The summed E-state index contributed by atoms with van der Waals surface area (Å²) >= 11 is 5.36. The number of hydrogen-bond donors (Lipinski definition) is 2. The van der Waals surface area contributed by atoms with Crippen LogP contribution in [0.25, 0.3) is 0 Å². The van der Waals surface area contributed by atoms with Crippen LogP contribution in [0.4, 0.5) is 5.69 Å². The first kappa shape index (κ1) is 19.7. The fraction of sp³-hybridized carbons (Fsp3) is 0.300. The first-order valence-corrected chi connectivity index (χ1v) is 8.76. The van der Waals surface area contributed by atoms with Crippen LogP contribution >= 0.6 is 12.2 Å². The number of benzene rings is 2. The molecule has 0 unspecified atom stereocenters. The Morgan fingerprint density at radius 2 is 1.85 bits per heavy atom. The van der Waals surface area contributed by atoms with Crippen LogP contribution in [-0.4, -0.2) is 30.8 Å². The van der Waals surface area contributed by atoms with Crippen molar-refractivity contribution in [2.45, 2.75) is 26.8 Å². The molecule has 138 valence electrons. The first-order valence-electron chi connectivity index (χ1n) is 8.35. The third-order valence-corrected chi connectivity index (χ3v) is 4.11. The van der Waals surface area contributed by atoms with Gasteiger partial charge in [0.2, 0.25) is 0 Å². The SMILES string of the molecule is COC(=O)c1cccc(NC(=S)N[C@H](C)COc2ccc(C)cc2)c1C. The van der Waals surface area contributed by atoms with Crippen molar-refractivity contribution in [3.05, 3.63) is 59.2 Å². The Hall–Kier alpha value is -2.60. The average molecular weight is 372 g/mol. The summed E-state index contributed by atoms with van der Waals surface area (Å²) in [5.74, 6) is 0.453. The van der Waals surface area contributed by atoms with Crippen LogP contribution in [0.1, 0.15) is 28.4 Å². The zero-order chi connectivity index (χ0) is 19.1. The van der Waals surface area contributed by atoms with Gasteiger partial charge in [0.15, 0.2) is 5.11 Å². The highest BCUT2D eigenvalue weighted by Gasteiger charge is 2.13. The summed E-state index contributed by atoms with van der Waals surface area (Å²) in [6.07, 6.45) is 0. The molecule has 0 aliphatic rings. The Bertz CT molecular complexity index is 775. The molecule has 0 bridgehead atoms. The van der Waals surface area contributed by atoms with Gasteiger partial charge in [0.05, 0.1) is 18.7 Å². The summed E-state index contributed by atoms with van der Waals surface area (Å²) in [5.41, 5.74) is 3.25.